The monoisotopic (exact) mass is 386 g/mol. The van der Waals surface area contributed by atoms with Crippen LogP contribution in [0.4, 0.5) is 4.39 Å². The second kappa shape index (κ2) is 8.13. The summed E-state index contributed by atoms with van der Waals surface area (Å²) < 4.78 is 39.4. The largest absolute Gasteiger partial charge is 0.480 e. The zero-order valence-corrected chi connectivity index (χ0v) is 15.5. The highest BCUT2D eigenvalue weighted by Gasteiger charge is 2.34. The second-order valence-corrected chi connectivity index (χ2v) is 8.64. The van der Waals surface area contributed by atoms with Gasteiger partial charge < -0.3 is 10.4 Å². The number of halogens is 1. The minimum Gasteiger partial charge on any atom is -0.480 e. The van der Waals surface area contributed by atoms with Crippen molar-refractivity contribution in [2.45, 2.75) is 37.6 Å². The van der Waals surface area contributed by atoms with E-state index in [1.807, 2.05) is 0 Å². The van der Waals surface area contributed by atoms with Gasteiger partial charge in [-0.15, -0.1) is 0 Å². The normalized spacial score (nSPS) is 17.8. The van der Waals surface area contributed by atoms with Crippen molar-refractivity contribution in [2.75, 3.05) is 13.1 Å². The van der Waals surface area contributed by atoms with Crippen LogP contribution in [0.15, 0.2) is 29.2 Å². The van der Waals surface area contributed by atoms with Gasteiger partial charge in [-0.3, -0.25) is 4.79 Å². The lowest BCUT2D eigenvalue weighted by molar-refractivity contribution is -0.144. The maximum Gasteiger partial charge on any atom is 0.326 e. The quantitative estimate of drug-likeness (QED) is 0.770. The van der Waals surface area contributed by atoms with E-state index in [4.69, 9.17) is 5.11 Å². The van der Waals surface area contributed by atoms with Crippen LogP contribution in [-0.4, -0.2) is 48.8 Å². The van der Waals surface area contributed by atoms with Crippen molar-refractivity contribution in [1.29, 1.82) is 0 Å². The number of hydrogen-bond acceptors (Lipinski definition) is 4. The molecule has 1 saturated heterocycles. The smallest absolute Gasteiger partial charge is 0.326 e. The predicted octanol–water partition coefficient (Wildman–Crippen LogP) is 1.45. The van der Waals surface area contributed by atoms with E-state index < -0.39 is 33.8 Å². The van der Waals surface area contributed by atoms with E-state index in [1.54, 1.807) is 13.8 Å². The van der Waals surface area contributed by atoms with Crippen molar-refractivity contribution in [1.82, 2.24) is 9.62 Å². The van der Waals surface area contributed by atoms with E-state index >= 15 is 0 Å². The number of sulfonamides is 1. The minimum atomic E-state index is -3.74. The molecule has 2 N–H and O–H groups in total. The molecule has 144 valence electrons. The number of aliphatic carboxylic acids is 1. The highest BCUT2D eigenvalue weighted by atomic mass is 32.2. The molecule has 7 nitrogen and oxygen atoms in total. The van der Waals surface area contributed by atoms with Crippen molar-refractivity contribution in [3.8, 4) is 0 Å². The van der Waals surface area contributed by atoms with Gasteiger partial charge in [0, 0.05) is 19.0 Å². The van der Waals surface area contributed by atoms with Crippen LogP contribution in [0, 0.1) is 17.7 Å². The second-order valence-electron chi connectivity index (χ2n) is 6.70. The molecular weight excluding hydrogens is 363 g/mol. The number of carboxylic acid groups (broad SMARTS) is 1. The lowest BCUT2D eigenvalue weighted by Crippen LogP contribution is -2.49. The average molecular weight is 386 g/mol. The van der Waals surface area contributed by atoms with E-state index in [2.05, 4.69) is 5.32 Å². The molecule has 1 aliphatic rings. The molecule has 1 amide bonds. The molecule has 9 heteroatoms. The summed E-state index contributed by atoms with van der Waals surface area (Å²) in [6.45, 7) is 3.71. The van der Waals surface area contributed by atoms with E-state index in [-0.39, 0.29) is 29.8 Å². The highest BCUT2D eigenvalue weighted by Crippen LogP contribution is 2.24. The lowest BCUT2D eigenvalue weighted by Gasteiger charge is -2.31. The van der Waals surface area contributed by atoms with Gasteiger partial charge in [0.2, 0.25) is 15.9 Å². The van der Waals surface area contributed by atoms with E-state index in [0.29, 0.717) is 12.8 Å². The van der Waals surface area contributed by atoms with Gasteiger partial charge in [-0.2, -0.15) is 4.31 Å². The molecule has 1 aliphatic heterocycles. The number of benzene rings is 1. The molecule has 0 radical (unpaired) electrons. The number of carbonyl (C=O) groups excluding carboxylic acids is 1. The summed E-state index contributed by atoms with van der Waals surface area (Å²) in [5.41, 5.74) is 0. The number of nitrogens with one attached hydrogen (secondary N) is 1. The molecule has 0 bridgehead atoms. The molecule has 0 aromatic heterocycles. The van der Waals surface area contributed by atoms with E-state index in [0.717, 1.165) is 12.1 Å². The number of carbonyl (C=O) groups is 2. The van der Waals surface area contributed by atoms with Gasteiger partial charge in [0.15, 0.2) is 0 Å². The Morgan fingerprint density at radius 1 is 1.19 bits per heavy atom. The third-order valence-corrected chi connectivity index (χ3v) is 6.42. The fourth-order valence-corrected chi connectivity index (χ4v) is 4.37. The molecule has 1 atom stereocenters. The maximum absolute atomic E-state index is 13.0. The lowest BCUT2D eigenvalue weighted by atomic mass is 9.95. The number of rotatable bonds is 6. The van der Waals surface area contributed by atoms with E-state index in [9.17, 15) is 22.4 Å². The molecule has 0 unspecified atom stereocenters. The van der Waals surface area contributed by atoms with Crippen molar-refractivity contribution >= 4 is 21.9 Å². The minimum absolute atomic E-state index is 0.00699. The fraction of sp³-hybridized carbons (Fsp3) is 0.529. The number of amides is 1. The molecule has 26 heavy (non-hydrogen) atoms. The van der Waals surface area contributed by atoms with Crippen LogP contribution < -0.4 is 5.32 Å². The van der Waals surface area contributed by atoms with Crippen LogP contribution >= 0.6 is 0 Å². The van der Waals surface area contributed by atoms with Crippen molar-refractivity contribution in [2.24, 2.45) is 11.8 Å². The summed E-state index contributed by atoms with van der Waals surface area (Å²) in [7, 11) is -3.74. The SMILES string of the molecule is CC(C)[C@@H](NC(=O)C1CCN(S(=O)(=O)c2ccc(F)cc2)CC1)C(=O)O. The van der Waals surface area contributed by atoms with Gasteiger partial charge >= 0.3 is 5.97 Å². The molecule has 1 fully saturated rings. The Kier molecular flexibility index (Phi) is 6.35. The molecular formula is C17H23FN2O5S. The molecule has 2 rings (SSSR count). The zero-order chi connectivity index (χ0) is 19.5. The first-order valence-corrected chi connectivity index (χ1v) is 9.86. The average Bonchev–Trinajstić information content (AvgIpc) is 2.59. The van der Waals surface area contributed by atoms with Crippen LogP contribution in [0.1, 0.15) is 26.7 Å². The molecule has 0 aliphatic carbocycles. The summed E-state index contributed by atoms with van der Waals surface area (Å²) >= 11 is 0. The van der Waals surface area contributed by atoms with Crippen molar-refractivity contribution in [3.63, 3.8) is 0 Å². The van der Waals surface area contributed by atoms with Gasteiger partial charge in [0.1, 0.15) is 11.9 Å². The fourth-order valence-electron chi connectivity index (χ4n) is 2.90. The van der Waals surface area contributed by atoms with Gasteiger partial charge in [0.05, 0.1) is 4.90 Å². The van der Waals surface area contributed by atoms with Crippen LogP contribution in [0.3, 0.4) is 0 Å². The van der Waals surface area contributed by atoms with Crippen molar-refractivity contribution < 1.29 is 27.5 Å². The summed E-state index contributed by atoms with van der Waals surface area (Å²) in [4.78, 5) is 23.5. The Labute approximate surface area is 152 Å². The number of carboxylic acids is 1. The predicted molar refractivity (Wildman–Crippen MR) is 92.3 cm³/mol. The van der Waals surface area contributed by atoms with Crippen LogP contribution in [0.2, 0.25) is 0 Å². The Morgan fingerprint density at radius 3 is 2.19 bits per heavy atom. The van der Waals surface area contributed by atoms with E-state index in [1.165, 1.54) is 16.4 Å². The maximum atomic E-state index is 13.0. The van der Waals surface area contributed by atoms with Crippen molar-refractivity contribution in [3.05, 3.63) is 30.1 Å². The highest BCUT2D eigenvalue weighted by molar-refractivity contribution is 7.89. The Morgan fingerprint density at radius 2 is 1.73 bits per heavy atom. The number of nitrogens with zero attached hydrogens (tertiary/aromatic N) is 1. The summed E-state index contributed by atoms with van der Waals surface area (Å²) in [5, 5.41) is 11.7. The Hall–Kier alpha value is -2.00. The van der Waals surface area contributed by atoms with Crippen LogP contribution in [0.5, 0.6) is 0 Å². The third kappa shape index (κ3) is 4.59. The molecule has 1 heterocycles. The summed E-state index contributed by atoms with van der Waals surface area (Å²) in [6, 6.07) is 3.63. The molecule has 0 spiro atoms. The van der Waals surface area contributed by atoms with Gasteiger partial charge in [-0.25, -0.2) is 17.6 Å². The standard InChI is InChI=1S/C17H23FN2O5S/c1-11(2)15(17(22)23)19-16(21)12-7-9-20(10-8-12)26(24,25)14-5-3-13(18)4-6-14/h3-6,11-12,15H,7-10H2,1-2H3,(H,19,21)(H,22,23)/t15-/m1/s1. The summed E-state index contributed by atoms with van der Waals surface area (Å²) in [6.07, 6.45) is 0.605. The molecule has 1 aromatic carbocycles. The number of piperidine rings is 1. The van der Waals surface area contributed by atoms with Gasteiger partial charge in [-0.1, -0.05) is 13.8 Å². The zero-order valence-electron chi connectivity index (χ0n) is 14.7. The molecule has 0 saturated carbocycles. The van der Waals surface area contributed by atoms with Crippen LogP contribution in [-0.2, 0) is 19.6 Å². The first kappa shape index (κ1) is 20.3. The molecule has 1 aromatic rings. The first-order valence-electron chi connectivity index (χ1n) is 8.42. The van der Waals surface area contributed by atoms with Gasteiger partial charge in [-0.05, 0) is 43.0 Å². The summed E-state index contributed by atoms with van der Waals surface area (Å²) in [5.74, 6) is -2.67. The third-order valence-electron chi connectivity index (χ3n) is 4.51. The topological polar surface area (TPSA) is 104 Å². The first-order chi connectivity index (χ1) is 12.1. The number of hydrogen-bond donors (Lipinski definition) is 2. The van der Waals surface area contributed by atoms with Gasteiger partial charge in [0.25, 0.3) is 0 Å². The van der Waals surface area contributed by atoms with Crippen LogP contribution in [0.25, 0.3) is 0 Å². The Bertz CT molecular complexity index is 756. The Balaban J connectivity index is 1.99.